The number of rotatable bonds is 5. The molecule has 0 heterocycles. The van der Waals surface area contributed by atoms with E-state index < -0.39 is 11.5 Å². The summed E-state index contributed by atoms with van der Waals surface area (Å²) in [7, 11) is 0. The molecule has 1 amide bonds. The van der Waals surface area contributed by atoms with Gasteiger partial charge in [-0.25, -0.2) is 0 Å². The molecule has 0 bridgehead atoms. The number of carboxylic acid groups (broad SMARTS) is 1. The molecule has 1 rings (SSSR count). The third-order valence-corrected chi connectivity index (χ3v) is 3.47. The molecule has 0 unspecified atom stereocenters. The zero-order valence-corrected chi connectivity index (χ0v) is 13.5. The maximum atomic E-state index is 12.1. The van der Waals surface area contributed by atoms with E-state index in [1.54, 1.807) is 17.0 Å². The molecular weight excluding hydrogens is 292 g/mol. The van der Waals surface area contributed by atoms with Gasteiger partial charge >= 0.3 is 5.97 Å². The molecule has 1 aromatic rings. The summed E-state index contributed by atoms with van der Waals surface area (Å²) in [6, 6.07) is 5.25. The highest BCUT2D eigenvalue weighted by atomic mass is 35.5. The number of aryl methyl sites for hydroxylation is 1. The van der Waals surface area contributed by atoms with Crippen LogP contribution in [0.1, 0.15) is 26.3 Å². The molecule has 21 heavy (non-hydrogen) atoms. The summed E-state index contributed by atoms with van der Waals surface area (Å²) < 4.78 is 0. The Balaban J connectivity index is 2.73. The van der Waals surface area contributed by atoms with Crippen LogP contribution in [0.3, 0.4) is 0 Å². The Hall–Kier alpha value is -1.59. The molecule has 0 saturated carbocycles. The van der Waals surface area contributed by atoms with Crippen LogP contribution >= 0.6 is 11.6 Å². The number of aliphatic carboxylic acids is 1. The predicted molar refractivity (Wildman–Crippen MR) is 83.8 cm³/mol. The van der Waals surface area contributed by atoms with E-state index in [2.05, 4.69) is 5.32 Å². The SMILES string of the molecule is Cc1ccc(NC(=O)CN(CC(=O)O)C(C)(C)C)cc1Cl. The number of carboxylic acids is 1. The van der Waals surface area contributed by atoms with Gasteiger partial charge in [-0.05, 0) is 45.4 Å². The van der Waals surface area contributed by atoms with E-state index in [1.165, 1.54) is 0 Å². The van der Waals surface area contributed by atoms with Gasteiger partial charge in [0.2, 0.25) is 5.91 Å². The Morgan fingerprint density at radius 2 is 1.90 bits per heavy atom. The first-order valence-corrected chi connectivity index (χ1v) is 7.00. The molecule has 0 aliphatic heterocycles. The number of hydrogen-bond acceptors (Lipinski definition) is 3. The number of carbonyl (C=O) groups excluding carboxylic acids is 1. The maximum absolute atomic E-state index is 12.1. The molecule has 0 aromatic heterocycles. The van der Waals surface area contributed by atoms with E-state index in [1.807, 2.05) is 33.8 Å². The van der Waals surface area contributed by atoms with Crippen LogP contribution in [-0.2, 0) is 9.59 Å². The van der Waals surface area contributed by atoms with Crippen molar-refractivity contribution in [3.8, 4) is 0 Å². The average Bonchev–Trinajstić information content (AvgIpc) is 2.31. The molecule has 0 saturated heterocycles. The van der Waals surface area contributed by atoms with Crippen molar-refractivity contribution in [3.63, 3.8) is 0 Å². The number of amides is 1. The largest absolute Gasteiger partial charge is 0.480 e. The Kier molecular flexibility index (Phi) is 5.75. The molecule has 1 aromatic carbocycles. The summed E-state index contributed by atoms with van der Waals surface area (Å²) in [4.78, 5) is 24.5. The van der Waals surface area contributed by atoms with Crippen LogP contribution < -0.4 is 5.32 Å². The van der Waals surface area contributed by atoms with Crippen molar-refractivity contribution in [3.05, 3.63) is 28.8 Å². The molecule has 2 N–H and O–H groups in total. The standard InChI is InChI=1S/C15H21ClN2O3/c1-10-5-6-11(7-12(10)16)17-13(19)8-18(9-14(20)21)15(2,3)4/h5-7H,8-9H2,1-4H3,(H,17,19)(H,20,21). The van der Waals surface area contributed by atoms with Gasteiger partial charge in [0.25, 0.3) is 0 Å². The van der Waals surface area contributed by atoms with Crippen molar-refractivity contribution in [1.29, 1.82) is 0 Å². The van der Waals surface area contributed by atoms with Crippen molar-refractivity contribution in [2.75, 3.05) is 18.4 Å². The van der Waals surface area contributed by atoms with Crippen LogP contribution in [0.4, 0.5) is 5.69 Å². The quantitative estimate of drug-likeness (QED) is 0.877. The van der Waals surface area contributed by atoms with Crippen LogP contribution in [0.2, 0.25) is 5.02 Å². The number of anilines is 1. The van der Waals surface area contributed by atoms with Gasteiger partial charge in [-0.1, -0.05) is 17.7 Å². The highest BCUT2D eigenvalue weighted by Crippen LogP contribution is 2.20. The minimum Gasteiger partial charge on any atom is -0.480 e. The fourth-order valence-corrected chi connectivity index (χ4v) is 1.92. The molecule has 5 nitrogen and oxygen atoms in total. The highest BCUT2D eigenvalue weighted by Gasteiger charge is 2.25. The summed E-state index contributed by atoms with van der Waals surface area (Å²) >= 11 is 6.01. The van der Waals surface area contributed by atoms with E-state index >= 15 is 0 Å². The van der Waals surface area contributed by atoms with Gasteiger partial charge in [0, 0.05) is 16.2 Å². The fourth-order valence-electron chi connectivity index (χ4n) is 1.74. The van der Waals surface area contributed by atoms with Gasteiger partial charge in [-0.15, -0.1) is 0 Å². The Morgan fingerprint density at radius 3 is 2.38 bits per heavy atom. The summed E-state index contributed by atoms with van der Waals surface area (Å²) in [5.74, 6) is -1.23. The highest BCUT2D eigenvalue weighted by molar-refractivity contribution is 6.31. The lowest BCUT2D eigenvalue weighted by molar-refractivity contribution is -0.140. The van der Waals surface area contributed by atoms with Gasteiger partial charge in [-0.3, -0.25) is 14.5 Å². The van der Waals surface area contributed by atoms with Crippen LogP contribution in [-0.4, -0.2) is 40.5 Å². The Morgan fingerprint density at radius 1 is 1.29 bits per heavy atom. The zero-order chi connectivity index (χ0) is 16.2. The lowest BCUT2D eigenvalue weighted by Gasteiger charge is -2.33. The first-order chi connectivity index (χ1) is 9.59. The second-order valence-electron chi connectivity index (χ2n) is 5.93. The van der Waals surface area contributed by atoms with Crippen molar-refractivity contribution in [1.82, 2.24) is 4.90 Å². The van der Waals surface area contributed by atoms with Gasteiger partial charge in [-0.2, -0.15) is 0 Å². The molecule has 6 heteroatoms. The molecule has 116 valence electrons. The van der Waals surface area contributed by atoms with E-state index in [0.29, 0.717) is 10.7 Å². The predicted octanol–water partition coefficient (Wildman–Crippen LogP) is 2.77. The Bertz CT molecular complexity index is 538. The van der Waals surface area contributed by atoms with Crippen LogP contribution in [0.5, 0.6) is 0 Å². The third kappa shape index (κ3) is 5.73. The number of halogens is 1. The van der Waals surface area contributed by atoms with E-state index in [9.17, 15) is 9.59 Å². The minimum absolute atomic E-state index is 0.00129. The van der Waals surface area contributed by atoms with Crippen molar-refractivity contribution in [2.24, 2.45) is 0 Å². The topological polar surface area (TPSA) is 69.6 Å². The van der Waals surface area contributed by atoms with E-state index in [-0.39, 0.29) is 19.0 Å². The second-order valence-corrected chi connectivity index (χ2v) is 6.34. The second kappa shape index (κ2) is 6.91. The summed E-state index contributed by atoms with van der Waals surface area (Å²) in [5, 5.41) is 12.2. The lowest BCUT2D eigenvalue weighted by Crippen LogP contribution is -2.48. The molecule has 0 radical (unpaired) electrons. The molecule has 0 aliphatic rings. The number of carbonyl (C=O) groups is 2. The van der Waals surface area contributed by atoms with Crippen molar-refractivity contribution < 1.29 is 14.7 Å². The molecular formula is C15H21ClN2O3. The normalized spacial score (nSPS) is 11.5. The summed E-state index contributed by atoms with van der Waals surface area (Å²) in [6.07, 6.45) is 0. The van der Waals surface area contributed by atoms with E-state index in [0.717, 1.165) is 5.56 Å². The van der Waals surface area contributed by atoms with Crippen molar-refractivity contribution >= 4 is 29.2 Å². The average molecular weight is 313 g/mol. The molecule has 0 spiro atoms. The van der Waals surface area contributed by atoms with Crippen LogP contribution in [0.15, 0.2) is 18.2 Å². The van der Waals surface area contributed by atoms with Crippen LogP contribution in [0.25, 0.3) is 0 Å². The van der Waals surface area contributed by atoms with Gasteiger partial charge in [0.15, 0.2) is 0 Å². The third-order valence-electron chi connectivity index (χ3n) is 3.06. The first kappa shape index (κ1) is 17.5. The lowest BCUT2D eigenvalue weighted by atomic mass is 10.1. The fraction of sp³-hybridized carbons (Fsp3) is 0.467. The van der Waals surface area contributed by atoms with E-state index in [4.69, 9.17) is 16.7 Å². The van der Waals surface area contributed by atoms with Crippen LogP contribution in [0, 0.1) is 6.92 Å². The molecule has 0 fully saturated rings. The minimum atomic E-state index is -0.962. The Labute approximate surface area is 129 Å². The smallest absolute Gasteiger partial charge is 0.317 e. The summed E-state index contributed by atoms with van der Waals surface area (Å²) in [6.45, 7) is 7.29. The number of benzene rings is 1. The monoisotopic (exact) mass is 312 g/mol. The number of nitrogens with one attached hydrogen (secondary N) is 1. The van der Waals surface area contributed by atoms with Gasteiger partial charge in [0.1, 0.15) is 0 Å². The molecule has 0 atom stereocenters. The van der Waals surface area contributed by atoms with Crippen molar-refractivity contribution in [2.45, 2.75) is 33.2 Å². The number of nitrogens with zero attached hydrogens (tertiary/aromatic N) is 1. The summed E-state index contributed by atoms with van der Waals surface area (Å²) in [5.41, 5.74) is 1.11. The maximum Gasteiger partial charge on any atom is 0.317 e. The first-order valence-electron chi connectivity index (χ1n) is 6.62. The number of hydrogen-bond donors (Lipinski definition) is 2. The zero-order valence-electron chi connectivity index (χ0n) is 12.7. The van der Waals surface area contributed by atoms with Gasteiger partial charge in [0.05, 0.1) is 13.1 Å². The van der Waals surface area contributed by atoms with Gasteiger partial charge < -0.3 is 10.4 Å². The molecule has 0 aliphatic carbocycles.